The fourth-order valence-corrected chi connectivity index (χ4v) is 2.78. The number of nitrogens with one attached hydrogen (secondary N) is 1. The lowest BCUT2D eigenvalue weighted by molar-refractivity contribution is 0.191. The van der Waals surface area contributed by atoms with Gasteiger partial charge < -0.3 is 15.1 Å². The van der Waals surface area contributed by atoms with Crippen LogP contribution < -0.4 is 10.2 Å². The Bertz CT molecular complexity index is 765. The lowest BCUT2D eigenvalue weighted by atomic mass is 10.2. The first-order valence-electron chi connectivity index (χ1n) is 8.25. The molecule has 3 rings (SSSR count). The van der Waals surface area contributed by atoms with Crippen LogP contribution in [0.1, 0.15) is 24.2 Å². The quantitative estimate of drug-likeness (QED) is 0.926. The van der Waals surface area contributed by atoms with Crippen LogP contribution in [-0.4, -0.2) is 47.1 Å². The number of piperazine rings is 1. The minimum absolute atomic E-state index is 0.0865. The molecule has 0 radical (unpaired) electrons. The van der Waals surface area contributed by atoms with Crippen LogP contribution in [0.25, 0.3) is 0 Å². The minimum Gasteiger partial charge on any atom is -0.353 e. The third-order valence-corrected chi connectivity index (χ3v) is 4.24. The average Bonchev–Trinajstić information content (AvgIpc) is 2.68. The Balaban J connectivity index is 1.55. The van der Waals surface area contributed by atoms with Crippen molar-refractivity contribution in [2.24, 2.45) is 0 Å². The van der Waals surface area contributed by atoms with Crippen molar-refractivity contribution in [2.45, 2.75) is 13.0 Å². The first-order chi connectivity index (χ1) is 12.2. The number of anilines is 1. The summed E-state index contributed by atoms with van der Waals surface area (Å²) in [7, 11) is 0. The maximum Gasteiger partial charge on any atom is 0.318 e. The van der Waals surface area contributed by atoms with E-state index in [0.29, 0.717) is 31.7 Å². The molecule has 0 unspecified atom stereocenters. The smallest absolute Gasteiger partial charge is 0.318 e. The van der Waals surface area contributed by atoms with Crippen molar-refractivity contribution < 1.29 is 4.79 Å². The molecule has 1 N–H and O–H groups in total. The van der Waals surface area contributed by atoms with Gasteiger partial charge in [0.25, 0.3) is 0 Å². The number of nitrogens with zero attached hydrogens (tertiary/aromatic N) is 5. The second-order valence-corrected chi connectivity index (χ2v) is 5.91. The first-order valence-corrected chi connectivity index (χ1v) is 8.25. The van der Waals surface area contributed by atoms with E-state index in [1.807, 2.05) is 25.1 Å². The first kappa shape index (κ1) is 16.7. The number of carbonyl (C=O) groups is 1. The third-order valence-electron chi connectivity index (χ3n) is 4.24. The Kier molecular flexibility index (Phi) is 5.09. The molecule has 0 bridgehead atoms. The van der Waals surface area contributed by atoms with Crippen LogP contribution in [0.5, 0.6) is 0 Å². The number of nitriles is 1. The van der Waals surface area contributed by atoms with Gasteiger partial charge in [-0.25, -0.2) is 9.78 Å². The van der Waals surface area contributed by atoms with Crippen molar-refractivity contribution in [3.63, 3.8) is 0 Å². The van der Waals surface area contributed by atoms with Crippen LogP contribution in [0.4, 0.5) is 10.6 Å². The Morgan fingerprint density at radius 2 is 2.00 bits per heavy atom. The van der Waals surface area contributed by atoms with Gasteiger partial charge in [-0.05, 0) is 31.2 Å². The van der Waals surface area contributed by atoms with Crippen LogP contribution in [0.2, 0.25) is 0 Å². The highest BCUT2D eigenvalue weighted by molar-refractivity contribution is 5.75. The van der Waals surface area contributed by atoms with E-state index in [4.69, 9.17) is 5.26 Å². The van der Waals surface area contributed by atoms with Gasteiger partial charge in [0.05, 0.1) is 23.4 Å². The molecule has 1 fully saturated rings. The predicted octanol–water partition coefficient (Wildman–Crippen LogP) is 1.94. The Hall–Kier alpha value is -3.14. The van der Waals surface area contributed by atoms with E-state index in [9.17, 15) is 4.79 Å². The van der Waals surface area contributed by atoms with Gasteiger partial charge in [-0.1, -0.05) is 6.07 Å². The third kappa shape index (κ3) is 4.04. The highest BCUT2D eigenvalue weighted by Gasteiger charge is 2.23. The van der Waals surface area contributed by atoms with Gasteiger partial charge in [0, 0.05) is 38.6 Å². The van der Waals surface area contributed by atoms with E-state index < -0.39 is 0 Å². The molecule has 7 heteroatoms. The molecule has 2 aromatic heterocycles. The van der Waals surface area contributed by atoms with Crippen molar-refractivity contribution in [3.05, 3.63) is 54.0 Å². The zero-order chi connectivity index (χ0) is 17.6. The Morgan fingerprint density at radius 3 is 2.68 bits per heavy atom. The van der Waals surface area contributed by atoms with Crippen LogP contribution in [0.3, 0.4) is 0 Å². The lowest BCUT2D eigenvalue weighted by Gasteiger charge is -2.35. The van der Waals surface area contributed by atoms with Crippen LogP contribution >= 0.6 is 0 Å². The fraction of sp³-hybridized carbons (Fsp3) is 0.333. The molecular formula is C18H20N6O. The van der Waals surface area contributed by atoms with Gasteiger partial charge in [-0.15, -0.1) is 0 Å². The summed E-state index contributed by atoms with van der Waals surface area (Å²) in [4.78, 5) is 24.9. The number of rotatable bonds is 3. The maximum absolute atomic E-state index is 12.4. The highest BCUT2D eigenvalue weighted by atomic mass is 16.2. The predicted molar refractivity (Wildman–Crippen MR) is 93.9 cm³/mol. The molecule has 0 aliphatic carbocycles. The Labute approximate surface area is 146 Å². The molecule has 7 nitrogen and oxygen atoms in total. The van der Waals surface area contributed by atoms with Crippen LogP contribution in [-0.2, 0) is 0 Å². The molecule has 0 aromatic carbocycles. The fourth-order valence-electron chi connectivity index (χ4n) is 2.78. The second kappa shape index (κ2) is 7.62. The largest absolute Gasteiger partial charge is 0.353 e. The molecule has 1 atom stereocenters. The lowest BCUT2D eigenvalue weighted by Crippen LogP contribution is -2.52. The molecule has 128 valence electrons. The van der Waals surface area contributed by atoms with Gasteiger partial charge in [-0.2, -0.15) is 5.26 Å². The summed E-state index contributed by atoms with van der Waals surface area (Å²) in [5, 5.41) is 12.0. The summed E-state index contributed by atoms with van der Waals surface area (Å²) >= 11 is 0. The molecular weight excluding hydrogens is 316 g/mol. The van der Waals surface area contributed by atoms with E-state index in [1.54, 1.807) is 29.4 Å². The molecule has 1 aliphatic heterocycles. The van der Waals surface area contributed by atoms with Crippen LogP contribution in [0.15, 0.2) is 42.7 Å². The molecule has 25 heavy (non-hydrogen) atoms. The number of pyridine rings is 2. The summed E-state index contributed by atoms with van der Waals surface area (Å²) in [6.07, 6.45) is 3.36. The summed E-state index contributed by atoms with van der Waals surface area (Å²) < 4.78 is 0. The average molecular weight is 336 g/mol. The van der Waals surface area contributed by atoms with E-state index in [-0.39, 0.29) is 12.1 Å². The van der Waals surface area contributed by atoms with Gasteiger partial charge in [0.1, 0.15) is 5.82 Å². The van der Waals surface area contributed by atoms with E-state index >= 15 is 0 Å². The SMILES string of the molecule is C[C@H](NC(=O)N1CCN(c2cc(C#N)ccn2)CC1)c1ccccn1. The number of hydrogen-bond donors (Lipinski definition) is 1. The van der Waals surface area contributed by atoms with Crippen LogP contribution in [0, 0.1) is 11.3 Å². The molecule has 3 heterocycles. The number of hydrogen-bond acceptors (Lipinski definition) is 5. The summed E-state index contributed by atoms with van der Waals surface area (Å²) in [5.41, 5.74) is 1.43. The molecule has 1 saturated heterocycles. The van der Waals surface area contributed by atoms with Crippen molar-refractivity contribution in [2.75, 3.05) is 31.1 Å². The topological polar surface area (TPSA) is 85.2 Å². The molecule has 2 aromatic rings. The summed E-state index contributed by atoms with van der Waals surface area (Å²) in [6.45, 7) is 4.52. The van der Waals surface area contributed by atoms with Gasteiger partial charge in [0.15, 0.2) is 0 Å². The molecule has 0 saturated carbocycles. The van der Waals surface area contributed by atoms with Crippen molar-refractivity contribution >= 4 is 11.8 Å². The minimum atomic E-state index is -0.138. The molecule has 0 spiro atoms. The monoisotopic (exact) mass is 336 g/mol. The Morgan fingerprint density at radius 1 is 1.20 bits per heavy atom. The van der Waals surface area contributed by atoms with E-state index in [2.05, 4.69) is 26.3 Å². The van der Waals surface area contributed by atoms with Gasteiger partial charge >= 0.3 is 6.03 Å². The number of carbonyl (C=O) groups excluding carboxylic acids is 1. The number of amides is 2. The summed E-state index contributed by atoms with van der Waals surface area (Å²) in [6, 6.07) is 11.0. The van der Waals surface area contributed by atoms with Crippen molar-refractivity contribution in [1.29, 1.82) is 5.26 Å². The second-order valence-electron chi connectivity index (χ2n) is 5.91. The van der Waals surface area contributed by atoms with E-state index in [0.717, 1.165) is 11.5 Å². The van der Waals surface area contributed by atoms with Gasteiger partial charge in [0.2, 0.25) is 0 Å². The maximum atomic E-state index is 12.4. The number of urea groups is 1. The van der Waals surface area contributed by atoms with Crippen molar-refractivity contribution in [1.82, 2.24) is 20.2 Å². The molecule has 2 amide bonds. The summed E-state index contributed by atoms with van der Waals surface area (Å²) in [5.74, 6) is 0.779. The highest BCUT2D eigenvalue weighted by Crippen LogP contribution is 2.15. The zero-order valence-corrected chi connectivity index (χ0v) is 14.1. The number of aromatic nitrogens is 2. The van der Waals surface area contributed by atoms with Gasteiger partial charge in [-0.3, -0.25) is 4.98 Å². The van der Waals surface area contributed by atoms with Crippen molar-refractivity contribution in [3.8, 4) is 6.07 Å². The van der Waals surface area contributed by atoms with E-state index in [1.165, 1.54) is 0 Å². The zero-order valence-electron chi connectivity index (χ0n) is 14.1. The standard InChI is InChI=1S/C18H20N6O/c1-14(16-4-2-3-6-20-16)22-18(25)24-10-8-23(9-11-24)17-12-15(13-19)5-7-21-17/h2-7,12,14H,8-11H2,1H3,(H,22,25)/t14-/m0/s1. The normalized spacial score (nSPS) is 15.4. The molecule has 1 aliphatic rings.